The van der Waals surface area contributed by atoms with Crippen molar-refractivity contribution in [2.24, 2.45) is 5.41 Å². The third kappa shape index (κ3) is 2.26. The van der Waals surface area contributed by atoms with Crippen molar-refractivity contribution in [2.45, 2.75) is 13.3 Å². The molecule has 110 valence electrons. The fourth-order valence-corrected chi connectivity index (χ4v) is 2.95. The van der Waals surface area contributed by atoms with Crippen LogP contribution in [-0.2, 0) is 4.79 Å². The van der Waals surface area contributed by atoms with Crippen molar-refractivity contribution < 1.29 is 4.79 Å². The molecule has 1 saturated heterocycles. The van der Waals surface area contributed by atoms with Crippen LogP contribution in [0.1, 0.15) is 13.3 Å². The standard InChI is InChI=1S/C15H19N5O/c1-15(13(21)17-2)7-8-20(9-15)12-10-5-3-4-6-11(10)18-14(16)19-12/h3-6H,7-9H2,1-2H3,(H,17,21)(H2,16,18,19). The molecule has 0 radical (unpaired) electrons. The highest BCUT2D eigenvalue weighted by Crippen LogP contribution is 2.35. The number of benzene rings is 1. The van der Waals surface area contributed by atoms with E-state index in [1.54, 1.807) is 7.05 Å². The van der Waals surface area contributed by atoms with Gasteiger partial charge in [-0.3, -0.25) is 4.79 Å². The van der Waals surface area contributed by atoms with Crippen LogP contribution in [-0.4, -0.2) is 36.0 Å². The summed E-state index contributed by atoms with van der Waals surface area (Å²) >= 11 is 0. The van der Waals surface area contributed by atoms with E-state index in [-0.39, 0.29) is 11.9 Å². The van der Waals surface area contributed by atoms with Gasteiger partial charge in [-0.25, -0.2) is 4.98 Å². The molecule has 1 aliphatic rings. The predicted octanol–water partition coefficient (Wildman–Crippen LogP) is 1.17. The van der Waals surface area contributed by atoms with Gasteiger partial charge in [-0.15, -0.1) is 0 Å². The summed E-state index contributed by atoms with van der Waals surface area (Å²) < 4.78 is 0. The number of para-hydroxylation sites is 1. The van der Waals surface area contributed by atoms with Gasteiger partial charge in [-0.2, -0.15) is 4.98 Å². The monoisotopic (exact) mass is 285 g/mol. The van der Waals surface area contributed by atoms with E-state index in [9.17, 15) is 4.79 Å². The number of hydrogen-bond donors (Lipinski definition) is 2. The average Bonchev–Trinajstić information content (AvgIpc) is 2.89. The second kappa shape index (κ2) is 4.87. The van der Waals surface area contributed by atoms with Gasteiger partial charge in [-0.1, -0.05) is 12.1 Å². The quantitative estimate of drug-likeness (QED) is 0.865. The van der Waals surface area contributed by atoms with E-state index >= 15 is 0 Å². The van der Waals surface area contributed by atoms with Crippen LogP contribution in [0, 0.1) is 5.41 Å². The highest BCUT2D eigenvalue weighted by atomic mass is 16.2. The molecule has 1 aromatic heterocycles. The van der Waals surface area contributed by atoms with Crippen LogP contribution in [0.5, 0.6) is 0 Å². The molecule has 1 fully saturated rings. The Morgan fingerprint density at radius 1 is 1.38 bits per heavy atom. The van der Waals surface area contributed by atoms with Gasteiger partial charge in [0.2, 0.25) is 11.9 Å². The lowest BCUT2D eigenvalue weighted by molar-refractivity contribution is -0.128. The number of rotatable bonds is 2. The van der Waals surface area contributed by atoms with Crippen LogP contribution in [0.2, 0.25) is 0 Å². The fraction of sp³-hybridized carbons (Fsp3) is 0.400. The fourth-order valence-electron chi connectivity index (χ4n) is 2.95. The van der Waals surface area contributed by atoms with E-state index in [1.807, 2.05) is 31.2 Å². The van der Waals surface area contributed by atoms with Crippen LogP contribution < -0.4 is 16.0 Å². The molecule has 1 atom stereocenters. The Bertz CT molecular complexity index is 702. The summed E-state index contributed by atoms with van der Waals surface area (Å²) in [7, 11) is 1.67. The molecule has 6 nitrogen and oxygen atoms in total. The Morgan fingerprint density at radius 2 is 2.14 bits per heavy atom. The van der Waals surface area contributed by atoms with Crippen molar-refractivity contribution in [3.63, 3.8) is 0 Å². The number of carbonyl (C=O) groups is 1. The van der Waals surface area contributed by atoms with E-state index in [1.165, 1.54) is 0 Å². The Kier molecular flexibility index (Phi) is 3.16. The van der Waals surface area contributed by atoms with Gasteiger partial charge in [0, 0.05) is 25.5 Å². The van der Waals surface area contributed by atoms with Crippen molar-refractivity contribution in [1.29, 1.82) is 0 Å². The summed E-state index contributed by atoms with van der Waals surface area (Å²) in [5.41, 5.74) is 6.25. The zero-order chi connectivity index (χ0) is 15.0. The van der Waals surface area contributed by atoms with E-state index in [0.29, 0.717) is 6.54 Å². The maximum absolute atomic E-state index is 12.0. The van der Waals surface area contributed by atoms with Gasteiger partial charge in [0.1, 0.15) is 5.82 Å². The number of anilines is 2. The Balaban J connectivity index is 2.01. The number of aromatic nitrogens is 2. The zero-order valence-electron chi connectivity index (χ0n) is 12.3. The highest BCUT2D eigenvalue weighted by molar-refractivity contribution is 5.91. The molecule has 21 heavy (non-hydrogen) atoms. The molecular weight excluding hydrogens is 266 g/mol. The molecule has 0 saturated carbocycles. The molecule has 1 amide bonds. The topological polar surface area (TPSA) is 84.1 Å². The zero-order valence-corrected chi connectivity index (χ0v) is 12.3. The SMILES string of the molecule is CNC(=O)C1(C)CCN(c2nc(N)nc3ccccc23)C1. The van der Waals surface area contributed by atoms with Crippen LogP contribution >= 0.6 is 0 Å². The largest absolute Gasteiger partial charge is 0.368 e. The minimum atomic E-state index is -0.393. The molecule has 0 bridgehead atoms. The lowest BCUT2D eigenvalue weighted by Crippen LogP contribution is -2.39. The van der Waals surface area contributed by atoms with Crippen molar-refractivity contribution in [3.05, 3.63) is 24.3 Å². The van der Waals surface area contributed by atoms with Crippen molar-refractivity contribution in [1.82, 2.24) is 15.3 Å². The molecule has 0 aliphatic carbocycles. The number of nitrogens with zero attached hydrogens (tertiary/aromatic N) is 3. The predicted molar refractivity (Wildman–Crippen MR) is 83.0 cm³/mol. The molecule has 2 aromatic rings. The molecule has 1 unspecified atom stereocenters. The Morgan fingerprint density at radius 3 is 2.90 bits per heavy atom. The first-order chi connectivity index (χ1) is 10.0. The molecule has 2 heterocycles. The van der Waals surface area contributed by atoms with Crippen molar-refractivity contribution in [2.75, 3.05) is 30.8 Å². The summed E-state index contributed by atoms with van der Waals surface area (Å²) in [6.45, 7) is 3.40. The minimum absolute atomic E-state index is 0.0660. The van der Waals surface area contributed by atoms with Crippen LogP contribution in [0.3, 0.4) is 0 Å². The highest BCUT2D eigenvalue weighted by Gasteiger charge is 2.40. The van der Waals surface area contributed by atoms with Gasteiger partial charge in [-0.05, 0) is 25.5 Å². The summed E-state index contributed by atoms with van der Waals surface area (Å²) in [4.78, 5) is 22.8. The number of nitrogens with two attached hydrogens (primary N) is 1. The maximum Gasteiger partial charge on any atom is 0.227 e. The number of amides is 1. The number of carbonyl (C=O) groups excluding carboxylic acids is 1. The van der Waals surface area contributed by atoms with Gasteiger partial charge in [0.05, 0.1) is 10.9 Å². The number of nitrogens with one attached hydrogen (secondary N) is 1. The van der Waals surface area contributed by atoms with Crippen molar-refractivity contribution >= 4 is 28.6 Å². The van der Waals surface area contributed by atoms with Crippen LogP contribution in [0.15, 0.2) is 24.3 Å². The summed E-state index contributed by atoms with van der Waals surface area (Å²) in [5.74, 6) is 1.14. The third-order valence-electron chi connectivity index (χ3n) is 4.15. The second-order valence-electron chi connectivity index (χ2n) is 5.73. The molecule has 3 N–H and O–H groups in total. The molecule has 6 heteroatoms. The molecule has 1 aliphatic heterocycles. The van der Waals surface area contributed by atoms with Crippen LogP contribution in [0.4, 0.5) is 11.8 Å². The summed E-state index contributed by atoms with van der Waals surface area (Å²) in [6, 6.07) is 7.79. The molecule has 3 rings (SSSR count). The first kappa shape index (κ1) is 13.6. The first-order valence-corrected chi connectivity index (χ1v) is 7.03. The molecule has 0 spiro atoms. The van der Waals surface area contributed by atoms with E-state index in [2.05, 4.69) is 20.2 Å². The minimum Gasteiger partial charge on any atom is -0.368 e. The maximum atomic E-state index is 12.0. The Labute approximate surface area is 123 Å². The van der Waals surface area contributed by atoms with Crippen LogP contribution in [0.25, 0.3) is 10.9 Å². The molecule has 1 aromatic carbocycles. The number of fused-ring (bicyclic) bond motifs is 1. The van der Waals surface area contributed by atoms with Gasteiger partial charge >= 0.3 is 0 Å². The van der Waals surface area contributed by atoms with Crippen molar-refractivity contribution in [3.8, 4) is 0 Å². The normalized spacial score (nSPS) is 21.7. The van der Waals surface area contributed by atoms with Gasteiger partial charge in [0.15, 0.2) is 0 Å². The van der Waals surface area contributed by atoms with E-state index in [4.69, 9.17) is 5.73 Å². The number of hydrogen-bond acceptors (Lipinski definition) is 5. The van der Waals surface area contributed by atoms with Gasteiger partial charge in [0.25, 0.3) is 0 Å². The third-order valence-corrected chi connectivity index (χ3v) is 4.15. The average molecular weight is 285 g/mol. The van der Waals surface area contributed by atoms with Gasteiger partial charge < -0.3 is 16.0 Å². The van der Waals surface area contributed by atoms with E-state index in [0.717, 1.165) is 29.7 Å². The second-order valence-corrected chi connectivity index (χ2v) is 5.73. The summed E-state index contributed by atoms with van der Waals surface area (Å²) in [5, 5.41) is 3.71. The lowest BCUT2D eigenvalue weighted by Gasteiger charge is -2.24. The first-order valence-electron chi connectivity index (χ1n) is 7.03. The smallest absolute Gasteiger partial charge is 0.227 e. The Hall–Kier alpha value is -2.37. The lowest BCUT2D eigenvalue weighted by atomic mass is 9.89. The molecular formula is C15H19N5O. The van der Waals surface area contributed by atoms with E-state index < -0.39 is 5.41 Å². The summed E-state index contributed by atoms with van der Waals surface area (Å²) in [6.07, 6.45) is 0.797. The number of nitrogen functional groups attached to an aromatic ring is 1.